The largest absolute Gasteiger partial charge is 0.422 e. The van der Waals surface area contributed by atoms with E-state index in [9.17, 15) is 4.79 Å². The van der Waals surface area contributed by atoms with Crippen LogP contribution in [0.2, 0.25) is 0 Å². The van der Waals surface area contributed by atoms with Crippen molar-refractivity contribution in [2.75, 3.05) is 0 Å². The van der Waals surface area contributed by atoms with Gasteiger partial charge >= 0.3 is 5.63 Å². The normalized spacial score (nSPS) is 10.6. The van der Waals surface area contributed by atoms with Crippen LogP contribution in [-0.2, 0) is 0 Å². The minimum absolute atomic E-state index is 0.271. The SMILES string of the molecule is Cc1cccc(C)c2oc(=O)cc1-2. The molecule has 0 N–H and O–H groups in total. The fourth-order valence-corrected chi connectivity index (χ4v) is 1.46. The maximum atomic E-state index is 11.0. The van der Waals surface area contributed by atoms with Crippen molar-refractivity contribution in [3.05, 3.63) is 45.8 Å². The topological polar surface area (TPSA) is 30.2 Å². The maximum Gasteiger partial charge on any atom is 0.336 e. The molecule has 0 fully saturated rings. The Balaban J connectivity index is 2.91. The first kappa shape index (κ1) is 8.05. The number of furan rings is 1. The summed E-state index contributed by atoms with van der Waals surface area (Å²) in [7, 11) is 0. The summed E-state index contributed by atoms with van der Waals surface area (Å²) in [6.07, 6.45) is 0. The van der Waals surface area contributed by atoms with Gasteiger partial charge in [-0.3, -0.25) is 0 Å². The van der Waals surface area contributed by atoms with E-state index in [-0.39, 0.29) is 5.63 Å². The van der Waals surface area contributed by atoms with E-state index >= 15 is 0 Å². The summed E-state index contributed by atoms with van der Waals surface area (Å²) in [5, 5.41) is 0. The molecule has 0 saturated heterocycles. The van der Waals surface area contributed by atoms with E-state index < -0.39 is 0 Å². The molecule has 2 heteroatoms. The maximum absolute atomic E-state index is 11.0. The summed E-state index contributed by atoms with van der Waals surface area (Å²) < 4.78 is 5.08. The van der Waals surface area contributed by atoms with Gasteiger partial charge in [-0.05, 0) is 25.0 Å². The summed E-state index contributed by atoms with van der Waals surface area (Å²) >= 11 is 0. The third-order valence-electron chi connectivity index (χ3n) is 2.18. The van der Waals surface area contributed by atoms with Crippen molar-refractivity contribution in [2.24, 2.45) is 0 Å². The van der Waals surface area contributed by atoms with E-state index in [2.05, 4.69) is 0 Å². The highest BCUT2D eigenvalue weighted by molar-refractivity contribution is 5.65. The molecule has 2 aliphatic rings. The van der Waals surface area contributed by atoms with Crippen molar-refractivity contribution in [1.82, 2.24) is 0 Å². The average molecular weight is 174 g/mol. The first-order valence-corrected chi connectivity index (χ1v) is 4.18. The van der Waals surface area contributed by atoms with Crippen LogP contribution in [0.25, 0.3) is 11.3 Å². The lowest BCUT2D eigenvalue weighted by molar-refractivity contribution is 0.542. The first-order valence-electron chi connectivity index (χ1n) is 4.18. The van der Waals surface area contributed by atoms with E-state index in [0.717, 1.165) is 16.7 Å². The number of aryl methyl sites for hydroxylation is 2. The van der Waals surface area contributed by atoms with Gasteiger partial charge in [0.1, 0.15) is 5.76 Å². The molecule has 2 nitrogen and oxygen atoms in total. The zero-order chi connectivity index (χ0) is 9.42. The van der Waals surface area contributed by atoms with Crippen LogP contribution in [0.15, 0.2) is 33.5 Å². The standard InChI is InChI=1S/C11H10O2/c1-7-4-3-5-8(2)11-9(7)6-10(12)13-11/h3-6H,1-2H3. The molecule has 0 bridgehead atoms. The number of rotatable bonds is 0. The van der Waals surface area contributed by atoms with E-state index in [1.165, 1.54) is 6.07 Å². The summed E-state index contributed by atoms with van der Waals surface area (Å²) in [4.78, 5) is 11.0. The molecule has 0 amide bonds. The third kappa shape index (κ3) is 1.24. The van der Waals surface area contributed by atoms with Crippen LogP contribution in [-0.4, -0.2) is 0 Å². The lowest BCUT2D eigenvalue weighted by Crippen LogP contribution is -1.84. The molecule has 0 aromatic carbocycles. The number of hydrogen-bond acceptors (Lipinski definition) is 2. The Labute approximate surface area is 76.2 Å². The zero-order valence-electron chi connectivity index (χ0n) is 7.63. The van der Waals surface area contributed by atoms with Crippen LogP contribution in [0.5, 0.6) is 0 Å². The van der Waals surface area contributed by atoms with Crippen LogP contribution < -0.4 is 5.63 Å². The fraction of sp³-hybridized carbons (Fsp3) is 0.182. The minimum atomic E-state index is -0.271. The molecule has 1 heterocycles. The fourth-order valence-electron chi connectivity index (χ4n) is 1.46. The predicted octanol–water partition coefficient (Wildman–Crippen LogP) is 2.36. The Morgan fingerprint density at radius 3 is 2.62 bits per heavy atom. The van der Waals surface area contributed by atoms with Gasteiger partial charge in [-0.15, -0.1) is 0 Å². The molecule has 0 saturated carbocycles. The van der Waals surface area contributed by atoms with Crippen molar-refractivity contribution in [3.63, 3.8) is 0 Å². The predicted molar refractivity (Wildman–Crippen MR) is 51.1 cm³/mol. The van der Waals surface area contributed by atoms with Crippen LogP contribution in [0.1, 0.15) is 11.1 Å². The lowest BCUT2D eigenvalue weighted by atomic mass is 10.1. The average Bonchev–Trinajstić information content (AvgIpc) is 2.41. The Hall–Kier alpha value is -1.57. The van der Waals surface area contributed by atoms with Gasteiger partial charge in [0.2, 0.25) is 0 Å². The second kappa shape index (κ2) is 2.73. The van der Waals surface area contributed by atoms with Gasteiger partial charge in [-0.25, -0.2) is 4.79 Å². The Morgan fingerprint density at radius 2 is 1.85 bits per heavy atom. The van der Waals surface area contributed by atoms with Crippen LogP contribution in [0, 0.1) is 13.8 Å². The van der Waals surface area contributed by atoms with Gasteiger partial charge in [0, 0.05) is 11.6 Å². The van der Waals surface area contributed by atoms with Gasteiger partial charge in [0.05, 0.1) is 0 Å². The third-order valence-corrected chi connectivity index (χ3v) is 2.18. The van der Waals surface area contributed by atoms with Gasteiger partial charge < -0.3 is 4.42 Å². The number of hydrogen-bond donors (Lipinski definition) is 0. The van der Waals surface area contributed by atoms with E-state index in [1.54, 1.807) is 0 Å². The van der Waals surface area contributed by atoms with Crippen LogP contribution in [0.3, 0.4) is 0 Å². The molecule has 0 unspecified atom stereocenters. The van der Waals surface area contributed by atoms with Crippen molar-refractivity contribution < 1.29 is 4.42 Å². The highest BCUT2D eigenvalue weighted by Gasteiger charge is 2.11. The second-order valence-corrected chi connectivity index (χ2v) is 3.20. The van der Waals surface area contributed by atoms with Crippen molar-refractivity contribution in [1.29, 1.82) is 0 Å². The van der Waals surface area contributed by atoms with E-state index in [1.807, 2.05) is 32.0 Å². The van der Waals surface area contributed by atoms with Gasteiger partial charge in [-0.1, -0.05) is 18.2 Å². The van der Waals surface area contributed by atoms with Gasteiger partial charge in [0.15, 0.2) is 0 Å². The van der Waals surface area contributed by atoms with Crippen molar-refractivity contribution >= 4 is 0 Å². The molecule has 2 rings (SSSR count). The molecule has 66 valence electrons. The van der Waals surface area contributed by atoms with Crippen molar-refractivity contribution in [2.45, 2.75) is 13.8 Å². The highest BCUT2D eigenvalue weighted by Crippen LogP contribution is 2.25. The summed E-state index contributed by atoms with van der Waals surface area (Å²) in [6, 6.07) is 7.42. The highest BCUT2D eigenvalue weighted by atomic mass is 16.4. The molecule has 0 radical (unpaired) electrons. The Kier molecular flexibility index (Phi) is 1.69. The molecule has 0 aromatic heterocycles. The van der Waals surface area contributed by atoms with Gasteiger partial charge in [-0.2, -0.15) is 0 Å². The molecule has 0 aromatic rings. The number of fused-ring (bicyclic) bond motifs is 1. The van der Waals surface area contributed by atoms with E-state index in [4.69, 9.17) is 4.42 Å². The van der Waals surface area contributed by atoms with Gasteiger partial charge in [0.25, 0.3) is 0 Å². The van der Waals surface area contributed by atoms with Crippen LogP contribution >= 0.6 is 0 Å². The summed E-state index contributed by atoms with van der Waals surface area (Å²) in [6.45, 7) is 3.90. The molecule has 0 spiro atoms. The Bertz CT molecular complexity index is 428. The first-order chi connectivity index (χ1) is 6.18. The van der Waals surface area contributed by atoms with Crippen LogP contribution in [0.4, 0.5) is 0 Å². The Morgan fingerprint density at radius 1 is 1.15 bits per heavy atom. The molecular formula is C11H10O2. The second-order valence-electron chi connectivity index (χ2n) is 3.20. The molecule has 13 heavy (non-hydrogen) atoms. The quantitative estimate of drug-likeness (QED) is 0.613. The molecule has 0 atom stereocenters. The van der Waals surface area contributed by atoms with Crippen molar-refractivity contribution in [3.8, 4) is 11.3 Å². The molecular weight excluding hydrogens is 164 g/mol. The summed E-state index contributed by atoms with van der Waals surface area (Å²) in [5.74, 6) is 0.701. The smallest absolute Gasteiger partial charge is 0.336 e. The monoisotopic (exact) mass is 174 g/mol. The summed E-state index contributed by atoms with van der Waals surface area (Å²) in [5.41, 5.74) is 2.69. The lowest BCUT2D eigenvalue weighted by Gasteiger charge is -1.94. The molecule has 1 aliphatic heterocycles. The van der Waals surface area contributed by atoms with E-state index in [0.29, 0.717) is 5.76 Å². The zero-order valence-corrected chi connectivity index (χ0v) is 7.63. The molecule has 1 aliphatic carbocycles. The minimum Gasteiger partial charge on any atom is -0.422 e.